The normalized spacial score (nSPS) is 15.1. The van der Waals surface area contributed by atoms with Crippen LogP contribution in [0, 0.1) is 0 Å². The molecule has 0 aliphatic carbocycles. The van der Waals surface area contributed by atoms with Gasteiger partial charge in [-0.25, -0.2) is 8.42 Å². The second-order valence-corrected chi connectivity index (χ2v) is 9.79. The quantitative estimate of drug-likeness (QED) is 0.611. The minimum absolute atomic E-state index is 0.0272. The summed E-state index contributed by atoms with van der Waals surface area (Å²) in [6.45, 7) is 0.266. The summed E-state index contributed by atoms with van der Waals surface area (Å²) in [5.41, 5.74) is 1.22. The van der Waals surface area contributed by atoms with E-state index >= 15 is 0 Å². The van der Waals surface area contributed by atoms with E-state index in [1.807, 2.05) is 16.8 Å². The summed E-state index contributed by atoms with van der Waals surface area (Å²) in [5.74, 6) is -0.756. The highest BCUT2D eigenvalue weighted by atomic mass is 32.2. The predicted octanol–water partition coefficient (Wildman–Crippen LogP) is 1.64. The summed E-state index contributed by atoms with van der Waals surface area (Å²) in [7, 11) is -3.80. The van der Waals surface area contributed by atoms with Gasteiger partial charge >= 0.3 is 0 Å². The van der Waals surface area contributed by atoms with Gasteiger partial charge in [0.15, 0.2) is 0 Å². The number of amides is 2. The molecule has 0 atom stereocenters. The molecule has 9 nitrogen and oxygen atoms in total. The van der Waals surface area contributed by atoms with Crippen molar-refractivity contribution < 1.29 is 18.0 Å². The van der Waals surface area contributed by atoms with E-state index in [0.717, 1.165) is 9.87 Å². The molecule has 3 heterocycles. The number of carbonyl (C=O) groups is 2. The Bertz CT molecular complexity index is 1140. The fourth-order valence-electron chi connectivity index (χ4n) is 2.69. The largest absolute Gasteiger partial charge is 0.354 e. The Morgan fingerprint density at radius 2 is 1.97 bits per heavy atom. The van der Waals surface area contributed by atoms with E-state index in [2.05, 4.69) is 20.8 Å². The summed E-state index contributed by atoms with van der Waals surface area (Å²) < 4.78 is 26.4. The molecule has 29 heavy (non-hydrogen) atoms. The smallest absolute Gasteiger partial charge is 0.257 e. The molecule has 150 valence electrons. The minimum Gasteiger partial charge on any atom is -0.354 e. The average Bonchev–Trinajstić information content (AvgIpc) is 3.40. The van der Waals surface area contributed by atoms with Crippen LogP contribution in [0.2, 0.25) is 0 Å². The molecule has 1 aliphatic rings. The molecule has 0 bridgehead atoms. The van der Waals surface area contributed by atoms with Gasteiger partial charge in [0.25, 0.3) is 5.91 Å². The first-order chi connectivity index (χ1) is 13.9. The fourth-order valence-corrected chi connectivity index (χ4v) is 5.54. The van der Waals surface area contributed by atoms with Gasteiger partial charge in [0.05, 0.1) is 11.4 Å². The van der Waals surface area contributed by atoms with E-state index < -0.39 is 15.9 Å². The predicted molar refractivity (Wildman–Crippen MR) is 109 cm³/mol. The molecule has 4 rings (SSSR count). The van der Waals surface area contributed by atoms with Gasteiger partial charge in [0.2, 0.25) is 21.1 Å². The first-order valence-corrected chi connectivity index (χ1v) is 11.7. The third-order valence-corrected chi connectivity index (χ3v) is 7.60. The summed E-state index contributed by atoms with van der Waals surface area (Å²) >= 11 is 2.80. The number of carbonyl (C=O) groups excluding carboxylic acids is 2. The van der Waals surface area contributed by atoms with Crippen LogP contribution in [-0.2, 0) is 14.8 Å². The zero-order valence-corrected chi connectivity index (χ0v) is 17.3. The van der Waals surface area contributed by atoms with Crippen molar-refractivity contribution in [2.45, 2.75) is 4.90 Å². The zero-order chi connectivity index (χ0) is 20.4. The lowest BCUT2D eigenvalue weighted by Gasteiger charge is -2.25. The maximum absolute atomic E-state index is 12.6. The molecule has 1 aromatic carbocycles. The molecule has 2 aromatic heterocycles. The third-order valence-electron chi connectivity index (χ3n) is 4.17. The fraction of sp³-hybridized carbons (Fsp3) is 0.176. The highest BCUT2D eigenvalue weighted by Gasteiger charge is 2.29. The maximum Gasteiger partial charge on any atom is 0.257 e. The highest BCUT2D eigenvalue weighted by molar-refractivity contribution is 7.89. The summed E-state index contributed by atoms with van der Waals surface area (Å²) in [4.78, 5) is 23.9. The molecule has 12 heteroatoms. The van der Waals surface area contributed by atoms with E-state index in [1.54, 1.807) is 11.3 Å². The van der Waals surface area contributed by atoms with Crippen LogP contribution in [0.3, 0.4) is 0 Å². The van der Waals surface area contributed by atoms with Gasteiger partial charge in [-0.3, -0.25) is 14.9 Å². The number of sulfonamides is 1. The number of piperazine rings is 1. The van der Waals surface area contributed by atoms with Crippen LogP contribution in [0.4, 0.5) is 5.13 Å². The summed E-state index contributed by atoms with van der Waals surface area (Å²) in [6.07, 6.45) is 0. The van der Waals surface area contributed by atoms with Crippen molar-refractivity contribution in [1.82, 2.24) is 19.8 Å². The summed E-state index contributed by atoms with van der Waals surface area (Å²) in [5, 5.41) is 18.2. The standard InChI is InChI=1S/C17H15N5O4S3/c23-14-9-22(7-6-18-14)29(25,26)13-3-1-11(2-4-13)15(24)19-17-21-20-16(28-17)12-5-8-27-10-12/h1-5,8,10H,6-7,9H2,(H,18,23)(H,19,21,24). The number of hydrogen-bond acceptors (Lipinski definition) is 8. The topological polar surface area (TPSA) is 121 Å². The number of hydrogen-bond donors (Lipinski definition) is 2. The Labute approximate surface area is 174 Å². The van der Waals surface area contributed by atoms with Crippen molar-refractivity contribution in [3.63, 3.8) is 0 Å². The van der Waals surface area contributed by atoms with Crippen LogP contribution >= 0.6 is 22.7 Å². The van der Waals surface area contributed by atoms with Crippen LogP contribution in [0.5, 0.6) is 0 Å². The van der Waals surface area contributed by atoms with Crippen molar-refractivity contribution in [3.8, 4) is 10.6 Å². The molecule has 0 spiro atoms. The van der Waals surface area contributed by atoms with Gasteiger partial charge in [-0.05, 0) is 35.7 Å². The number of nitrogens with zero attached hydrogens (tertiary/aromatic N) is 3. The SMILES string of the molecule is O=C1CN(S(=O)(=O)c2ccc(C(=O)Nc3nnc(-c4ccsc4)s3)cc2)CCN1. The minimum atomic E-state index is -3.80. The van der Waals surface area contributed by atoms with Crippen molar-refractivity contribution in [2.24, 2.45) is 0 Å². The van der Waals surface area contributed by atoms with Gasteiger partial charge in [0.1, 0.15) is 5.01 Å². The van der Waals surface area contributed by atoms with Crippen LogP contribution in [-0.4, -0.2) is 54.4 Å². The number of thiophene rings is 1. The molecular formula is C17H15N5O4S3. The first kappa shape index (κ1) is 19.6. The van der Waals surface area contributed by atoms with Gasteiger partial charge < -0.3 is 5.32 Å². The van der Waals surface area contributed by atoms with E-state index in [1.165, 1.54) is 35.6 Å². The van der Waals surface area contributed by atoms with E-state index in [9.17, 15) is 18.0 Å². The Hall–Kier alpha value is -2.67. The number of rotatable bonds is 5. The number of aromatic nitrogens is 2. The lowest BCUT2D eigenvalue weighted by Crippen LogP contribution is -2.49. The highest BCUT2D eigenvalue weighted by Crippen LogP contribution is 2.28. The molecule has 1 fully saturated rings. The van der Waals surface area contributed by atoms with E-state index in [0.29, 0.717) is 10.1 Å². The summed E-state index contributed by atoms with van der Waals surface area (Å²) in [6, 6.07) is 7.48. The monoisotopic (exact) mass is 449 g/mol. The lowest BCUT2D eigenvalue weighted by molar-refractivity contribution is -0.122. The lowest BCUT2D eigenvalue weighted by atomic mass is 10.2. The molecule has 2 amide bonds. The van der Waals surface area contributed by atoms with Crippen LogP contribution < -0.4 is 10.6 Å². The molecule has 0 radical (unpaired) electrons. The molecular weight excluding hydrogens is 434 g/mol. The Morgan fingerprint density at radius 1 is 1.17 bits per heavy atom. The zero-order valence-electron chi connectivity index (χ0n) is 14.9. The second-order valence-electron chi connectivity index (χ2n) is 6.09. The van der Waals surface area contributed by atoms with Gasteiger partial charge in [-0.2, -0.15) is 15.6 Å². The molecule has 1 saturated heterocycles. The van der Waals surface area contributed by atoms with Crippen LogP contribution in [0.15, 0.2) is 46.0 Å². The molecule has 0 saturated carbocycles. The van der Waals surface area contributed by atoms with E-state index in [-0.39, 0.29) is 36.0 Å². The van der Waals surface area contributed by atoms with Crippen LogP contribution in [0.25, 0.3) is 10.6 Å². The molecule has 1 aliphatic heterocycles. The van der Waals surface area contributed by atoms with Gasteiger partial charge in [-0.15, -0.1) is 10.2 Å². The molecule has 0 unspecified atom stereocenters. The van der Waals surface area contributed by atoms with Crippen molar-refractivity contribution >= 4 is 49.6 Å². The van der Waals surface area contributed by atoms with Crippen molar-refractivity contribution in [1.29, 1.82) is 0 Å². The second kappa shape index (κ2) is 7.99. The third kappa shape index (κ3) is 4.19. The van der Waals surface area contributed by atoms with Crippen molar-refractivity contribution in [2.75, 3.05) is 25.0 Å². The first-order valence-electron chi connectivity index (χ1n) is 8.48. The van der Waals surface area contributed by atoms with Crippen molar-refractivity contribution in [3.05, 3.63) is 46.7 Å². The molecule has 3 aromatic rings. The Kier molecular flexibility index (Phi) is 5.41. The number of benzene rings is 1. The number of nitrogens with one attached hydrogen (secondary N) is 2. The van der Waals surface area contributed by atoms with Crippen LogP contribution in [0.1, 0.15) is 10.4 Å². The number of anilines is 1. The van der Waals surface area contributed by atoms with Gasteiger partial charge in [-0.1, -0.05) is 11.3 Å². The molecule has 2 N–H and O–H groups in total. The van der Waals surface area contributed by atoms with Gasteiger partial charge in [0, 0.05) is 29.6 Å². The van der Waals surface area contributed by atoms with E-state index in [4.69, 9.17) is 0 Å². The Balaban J connectivity index is 1.46. The Morgan fingerprint density at radius 3 is 2.66 bits per heavy atom. The average molecular weight is 450 g/mol. The maximum atomic E-state index is 12.6.